The highest BCUT2D eigenvalue weighted by molar-refractivity contribution is 6.31. The second kappa shape index (κ2) is 4.51. The van der Waals surface area contributed by atoms with Crippen LogP contribution in [0.2, 0.25) is 5.02 Å². The number of hydrogen-bond donors (Lipinski definition) is 2. The summed E-state index contributed by atoms with van der Waals surface area (Å²) in [7, 11) is 0. The van der Waals surface area contributed by atoms with E-state index < -0.39 is 0 Å². The summed E-state index contributed by atoms with van der Waals surface area (Å²) in [6.45, 7) is 0.767. The van der Waals surface area contributed by atoms with Crippen LogP contribution in [0.3, 0.4) is 0 Å². The van der Waals surface area contributed by atoms with Gasteiger partial charge >= 0.3 is 0 Å². The molecule has 1 aromatic heterocycles. The molecule has 3 nitrogen and oxygen atoms in total. The summed E-state index contributed by atoms with van der Waals surface area (Å²) < 4.78 is 0. The Morgan fingerprint density at radius 2 is 2.41 bits per heavy atom. The summed E-state index contributed by atoms with van der Waals surface area (Å²) in [6, 6.07) is 6.55. The lowest BCUT2D eigenvalue weighted by atomic mass is 10.1. The number of aromatic nitrogens is 2. The van der Waals surface area contributed by atoms with Crippen LogP contribution in [0.5, 0.6) is 0 Å². The van der Waals surface area contributed by atoms with E-state index in [1.165, 1.54) is 11.1 Å². The van der Waals surface area contributed by atoms with Gasteiger partial charge in [0.25, 0.3) is 0 Å². The third-order valence-electron chi connectivity index (χ3n) is 3.28. The number of nitrogens with zero attached hydrogens (tertiary/aromatic N) is 1. The van der Waals surface area contributed by atoms with Crippen LogP contribution in [0.25, 0.3) is 0 Å². The van der Waals surface area contributed by atoms with Gasteiger partial charge in [-0.15, -0.1) is 0 Å². The van der Waals surface area contributed by atoms with Gasteiger partial charge < -0.3 is 10.3 Å². The van der Waals surface area contributed by atoms with E-state index in [2.05, 4.69) is 21.4 Å². The lowest BCUT2D eigenvalue weighted by Gasteiger charge is -2.13. The molecule has 2 aromatic rings. The fraction of sp³-hybridized carbons (Fsp3) is 0.308. The molecule has 0 saturated heterocycles. The number of halogens is 1. The van der Waals surface area contributed by atoms with E-state index >= 15 is 0 Å². The van der Waals surface area contributed by atoms with E-state index in [-0.39, 0.29) is 0 Å². The van der Waals surface area contributed by atoms with Gasteiger partial charge in [-0.2, -0.15) is 0 Å². The third-order valence-corrected chi connectivity index (χ3v) is 3.64. The van der Waals surface area contributed by atoms with Crippen molar-refractivity contribution in [3.05, 3.63) is 52.6 Å². The number of imidazole rings is 1. The zero-order valence-electron chi connectivity index (χ0n) is 9.41. The van der Waals surface area contributed by atoms with Gasteiger partial charge in [0, 0.05) is 23.5 Å². The molecule has 1 unspecified atom stereocenters. The van der Waals surface area contributed by atoms with Crippen LogP contribution in [0.1, 0.15) is 29.4 Å². The van der Waals surface area contributed by atoms with Crippen LogP contribution in [-0.2, 0) is 13.0 Å². The van der Waals surface area contributed by atoms with Crippen molar-refractivity contribution in [1.29, 1.82) is 0 Å². The molecule has 0 aliphatic heterocycles. The number of benzene rings is 1. The van der Waals surface area contributed by atoms with E-state index in [9.17, 15) is 0 Å². The molecule has 4 heteroatoms. The highest BCUT2D eigenvalue weighted by Gasteiger charge is 2.23. The summed E-state index contributed by atoms with van der Waals surface area (Å²) >= 11 is 6.19. The molecule has 1 aliphatic carbocycles. The van der Waals surface area contributed by atoms with Gasteiger partial charge in [0.1, 0.15) is 5.82 Å². The number of fused-ring (bicyclic) bond motifs is 1. The summed E-state index contributed by atoms with van der Waals surface area (Å²) in [4.78, 5) is 7.30. The Morgan fingerprint density at radius 1 is 1.47 bits per heavy atom. The lowest BCUT2D eigenvalue weighted by Crippen LogP contribution is -2.19. The molecule has 1 aromatic carbocycles. The van der Waals surface area contributed by atoms with E-state index in [0.717, 1.165) is 30.2 Å². The highest BCUT2D eigenvalue weighted by Crippen LogP contribution is 2.35. The first-order valence-corrected chi connectivity index (χ1v) is 6.21. The van der Waals surface area contributed by atoms with Gasteiger partial charge in [-0.25, -0.2) is 4.98 Å². The van der Waals surface area contributed by atoms with Crippen molar-refractivity contribution in [3.8, 4) is 0 Å². The Labute approximate surface area is 105 Å². The van der Waals surface area contributed by atoms with E-state index in [1.54, 1.807) is 6.20 Å². The van der Waals surface area contributed by atoms with E-state index in [4.69, 9.17) is 11.6 Å². The predicted octanol–water partition coefficient (Wildman–Crippen LogP) is 2.84. The normalized spacial score (nSPS) is 18.3. The third kappa shape index (κ3) is 2.08. The largest absolute Gasteiger partial charge is 0.348 e. The summed E-state index contributed by atoms with van der Waals surface area (Å²) in [5, 5.41) is 4.41. The molecule has 0 spiro atoms. The van der Waals surface area contributed by atoms with Crippen molar-refractivity contribution in [1.82, 2.24) is 15.3 Å². The summed E-state index contributed by atoms with van der Waals surface area (Å²) in [5.41, 5.74) is 2.63. The van der Waals surface area contributed by atoms with Gasteiger partial charge in [0.15, 0.2) is 0 Å². The molecule has 1 atom stereocenters. The van der Waals surface area contributed by atoms with Gasteiger partial charge in [-0.1, -0.05) is 23.7 Å². The number of nitrogens with one attached hydrogen (secondary N) is 2. The predicted molar refractivity (Wildman–Crippen MR) is 67.9 cm³/mol. The van der Waals surface area contributed by atoms with Gasteiger partial charge in [-0.3, -0.25) is 0 Å². The van der Waals surface area contributed by atoms with E-state index in [0.29, 0.717) is 6.04 Å². The molecule has 0 bridgehead atoms. The molecular formula is C13H14ClN3. The monoisotopic (exact) mass is 247 g/mol. The molecular weight excluding hydrogens is 234 g/mol. The first-order valence-electron chi connectivity index (χ1n) is 5.83. The number of aromatic amines is 1. The Balaban J connectivity index is 1.73. The van der Waals surface area contributed by atoms with Crippen molar-refractivity contribution in [3.63, 3.8) is 0 Å². The highest BCUT2D eigenvalue weighted by atomic mass is 35.5. The average Bonchev–Trinajstić information content (AvgIpc) is 2.95. The summed E-state index contributed by atoms with van der Waals surface area (Å²) in [5.74, 6) is 0.973. The molecule has 2 N–H and O–H groups in total. The van der Waals surface area contributed by atoms with Crippen molar-refractivity contribution in [2.45, 2.75) is 25.4 Å². The number of hydrogen-bond acceptors (Lipinski definition) is 2. The molecule has 17 heavy (non-hydrogen) atoms. The Bertz CT molecular complexity index is 507. The van der Waals surface area contributed by atoms with Gasteiger partial charge in [0.2, 0.25) is 0 Å². The first kappa shape index (κ1) is 10.8. The quantitative estimate of drug-likeness (QED) is 0.876. The van der Waals surface area contributed by atoms with Crippen LogP contribution in [0.4, 0.5) is 0 Å². The van der Waals surface area contributed by atoms with Crippen molar-refractivity contribution in [2.75, 3.05) is 0 Å². The van der Waals surface area contributed by atoms with Crippen LogP contribution in [-0.4, -0.2) is 9.97 Å². The molecule has 1 aliphatic rings. The Kier molecular flexibility index (Phi) is 2.87. The first-order chi connectivity index (χ1) is 8.34. The molecule has 3 rings (SSSR count). The second-order valence-electron chi connectivity index (χ2n) is 4.32. The number of rotatable bonds is 3. The molecule has 88 valence electrons. The van der Waals surface area contributed by atoms with Gasteiger partial charge in [0.05, 0.1) is 6.54 Å². The second-order valence-corrected chi connectivity index (χ2v) is 4.72. The fourth-order valence-electron chi connectivity index (χ4n) is 2.44. The molecule has 1 heterocycles. The van der Waals surface area contributed by atoms with Crippen LogP contribution in [0.15, 0.2) is 30.6 Å². The van der Waals surface area contributed by atoms with Crippen LogP contribution >= 0.6 is 11.6 Å². The standard InChI is InChI=1S/C13H14ClN3/c14-11-3-1-2-10-9(11)4-5-12(10)17-8-13-15-6-7-16-13/h1-3,6-7,12,17H,4-5,8H2,(H,15,16). The van der Waals surface area contributed by atoms with Crippen LogP contribution in [0, 0.1) is 0 Å². The SMILES string of the molecule is Clc1cccc2c1CCC2NCc1ncc[nH]1. The smallest absolute Gasteiger partial charge is 0.120 e. The Morgan fingerprint density at radius 3 is 3.24 bits per heavy atom. The topological polar surface area (TPSA) is 40.7 Å². The fourth-order valence-corrected chi connectivity index (χ4v) is 2.71. The lowest BCUT2D eigenvalue weighted by molar-refractivity contribution is 0.521. The van der Waals surface area contributed by atoms with Crippen molar-refractivity contribution < 1.29 is 0 Å². The molecule has 0 amide bonds. The number of H-pyrrole nitrogens is 1. The minimum absolute atomic E-state index is 0.397. The molecule has 0 radical (unpaired) electrons. The van der Waals surface area contributed by atoms with Crippen LogP contribution < -0.4 is 5.32 Å². The zero-order chi connectivity index (χ0) is 11.7. The molecule has 0 saturated carbocycles. The Hall–Kier alpha value is -1.32. The van der Waals surface area contributed by atoms with Gasteiger partial charge in [-0.05, 0) is 30.0 Å². The minimum Gasteiger partial charge on any atom is -0.348 e. The zero-order valence-corrected chi connectivity index (χ0v) is 10.2. The maximum absolute atomic E-state index is 6.19. The van der Waals surface area contributed by atoms with Crippen molar-refractivity contribution in [2.24, 2.45) is 0 Å². The maximum atomic E-state index is 6.19. The maximum Gasteiger partial charge on any atom is 0.120 e. The average molecular weight is 248 g/mol. The summed E-state index contributed by atoms with van der Waals surface area (Å²) in [6.07, 6.45) is 5.79. The van der Waals surface area contributed by atoms with E-state index in [1.807, 2.05) is 18.3 Å². The minimum atomic E-state index is 0.397. The van der Waals surface area contributed by atoms with Crippen molar-refractivity contribution >= 4 is 11.6 Å². The molecule has 0 fully saturated rings.